The lowest BCUT2D eigenvalue weighted by Gasteiger charge is -2.40. The molecule has 88 valence electrons. The Balaban J connectivity index is 1.81. The van der Waals surface area contributed by atoms with Gasteiger partial charge in [0.1, 0.15) is 0 Å². The third-order valence-electron chi connectivity index (χ3n) is 3.97. The van der Waals surface area contributed by atoms with Gasteiger partial charge in [-0.2, -0.15) is 11.8 Å². The number of thioether (sulfide) groups is 1. The molecular formula is C12H24N2S. The van der Waals surface area contributed by atoms with Crippen LogP contribution in [-0.2, 0) is 0 Å². The van der Waals surface area contributed by atoms with Crippen LogP contribution in [0.5, 0.6) is 0 Å². The first-order valence-corrected chi connectivity index (χ1v) is 7.38. The molecule has 2 heterocycles. The second-order valence-electron chi connectivity index (χ2n) is 5.00. The van der Waals surface area contributed by atoms with Crippen molar-refractivity contribution < 1.29 is 0 Å². The molecule has 2 aliphatic heterocycles. The number of rotatable bonds is 2. The van der Waals surface area contributed by atoms with E-state index in [0.717, 1.165) is 17.2 Å². The number of hydrogen-bond donors (Lipinski definition) is 1. The van der Waals surface area contributed by atoms with Crippen molar-refractivity contribution in [1.82, 2.24) is 10.2 Å². The first kappa shape index (κ1) is 11.7. The van der Waals surface area contributed by atoms with Gasteiger partial charge in [0.05, 0.1) is 0 Å². The smallest absolute Gasteiger partial charge is 0.0184 e. The minimum Gasteiger partial charge on any atom is -0.317 e. The molecule has 0 aromatic rings. The van der Waals surface area contributed by atoms with Crippen LogP contribution >= 0.6 is 11.8 Å². The molecule has 0 spiro atoms. The van der Waals surface area contributed by atoms with Gasteiger partial charge < -0.3 is 5.32 Å². The zero-order valence-corrected chi connectivity index (χ0v) is 10.9. The van der Waals surface area contributed by atoms with Crippen LogP contribution in [0.2, 0.25) is 0 Å². The van der Waals surface area contributed by atoms with E-state index in [9.17, 15) is 0 Å². The quantitative estimate of drug-likeness (QED) is 0.776. The highest BCUT2D eigenvalue weighted by atomic mass is 32.2. The predicted molar refractivity (Wildman–Crippen MR) is 68.5 cm³/mol. The van der Waals surface area contributed by atoms with Crippen molar-refractivity contribution in [1.29, 1.82) is 0 Å². The van der Waals surface area contributed by atoms with Gasteiger partial charge in [0.2, 0.25) is 0 Å². The van der Waals surface area contributed by atoms with Crippen LogP contribution in [0.4, 0.5) is 0 Å². The van der Waals surface area contributed by atoms with E-state index >= 15 is 0 Å². The van der Waals surface area contributed by atoms with Crippen LogP contribution in [0.3, 0.4) is 0 Å². The standard InChI is InChI=1S/C12H24N2S/c1-10-11(2)15-8-7-14(10)9-12-3-5-13-6-4-12/h10-13H,3-9H2,1-2H3. The molecule has 0 bridgehead atoms. The minimum atomic E-state index is 0.777. The van der Waals surface area contributed by atoms with Crippen molar-refractivity contribution in [3.63, 3.8) is 0 Å². The number of piperidine rings is 1. The maximum atomic E-state index is 3.45. The predicted octanol–water partition coefficient (Wildman–Crippen LogP) is 1.81. The summed E-state index contributed by atoms with van der Waals surface area (Å²) in [5.74, 6) is 2.28. The van der Waals surface area contributed by atoms with Gasteiger partial charge in [-0.05, 0) is 38.8 Å². The Morgan fingerprint density at radius 3 is 2.73 bits per heavy atom. The lowest BCUT2D eigenvalue weighted by molar-refractivity contribution is 0.164. The van der Waals surface area contributed by atoms with E-state index in [4.69, 9.17) is 0 Å². The summed E-state index contributed by atoms with van der Waals surface area (Å²) < 4.78 is 0. The molecule has 2 rings (SSSR count). The minimum absolute atomic E-state index is 0.777. The average Bonchev–Trinajstić information content (AvgIpc) is 2.26. The molecule has 2 unspecified atom stereocenters. The fraction of sp³-hybridized carbons (Fsp3) is 1.00. The maximum absolute atomic E-state index is 3.45. The molecule has 0 amide bonds. The summed E-state index contributed by atoms with van der Waals surface area (Å²) in [6.07, 6.45) is 2.76. The molecule has 0 radical (unpaired) electrons. The maximum Gasteiger partial charge on any atom is 0.0184 e. The van der Waals surface area contributed by atoms with Gasteiger partial charge in [0.15, 0.2) is 0 Å². The molecule has 1 N–H and O–H groups in total. The van der Waals surface area contributed by atoms with Gasteiger partial charge in [-0.15, -0.1) is 0 Å². The van der Waals surface area contributed by atoms with E-state index in [1.165, 1.54) is 44.8 Å². The highest BCUT2D eigenvalue weighted by molar-refractivity contribution is 8.00. The Hall–Kier alpha value is 0.270. The van der Waals surface area contributed by atoms with Crippen molar-refractivity contribution in [3.8, 4) is 0 Å². The monoisotopic (exact) mass is 228 g/mol. The Kier molecular flexibility index (Phi) is 4.35. The fourth-order valence-corrected chi connectivity index (χ4v) is 3.81. The second-order valence-corrected chi connectivity index (χ2v) is 6.49. The summed E-state index contributed by atoms with van der Waals surface area (Å²) in [5, 5.41) is 4.27. The summed E-state index contributed by atoms with van der Waals surface area (Å²) in [5.41, 5.74) is 0. The Labute approximate surface area is 98.2 Å². The van der Waals surface area contributed by atoms with Crippen molar-refractivity contribution in [2.75, 3.05) is 31.9 Å². The van der Waals surface area contributed by atoms with Crippen LogP contribution in [0.25, 0.3) is 0 Å². The van der Waals surface area contributed by atoms with Crippen LogP contribution in [0, 0.1) is 5.92 Å². The molecular weight excluding hydrogens is 204 g/mol. The zero-order valence-electron chi connectivity index (χ0n) is 10.0. The first-order chi connectivity index (χ1) is 7.27. The lowest BCUT2D eigenvalue weighted by atomic mass is 9.96. The molecule has 2 aliphatic rings. The highest BCUT2D eigenvalue weighted by Gasteiger charge is 2.27. The molecule has 0 saturated carbocycles. The summed E-state index contributed by atoms with van der Waals surface area (Å²) >= 11 is 2.14. The van der Waals surface area contributed by atoms with Gasteiger partial charge in [0.25, 0.3) is 0 Å². The number of nitrogens with zero attached hydrogens (tertiary/aromatic N) is 1. The summed E-state index contributed by atoms with van der Waals surface area (Å²) in [6, 6.07) is 0.777. The van der Waals surface area contributed by atoms with Crippen LogP contribution in [0.1, 0.15) is 26.7 Å². The zero-order chi connectivity index (χ0) is 10.7. The van der Waals surface area contributed by atoms with E-state index in [0.29, 0.717) is 0 Å². The average molecular weight is 228 g/mol. The molecule has 2 atom stereocenters. The van der Waals surface area contributed by atoms with Crippen molar-refractivity contribution in [3.05, 3.63) is 0 Å². The second kappa shape index (κ2) is 5.55. The largest absolute Gasteiger partial charge is 0.317 e. The van der Waals surface area contributed by atoms with Crippen molar-refractivity contribution in [2.24, 2.45) is 5.92 Å². The third kappa shape index (κ3) is 3.11. The Bertz CT molecular complexity index is 192. The van der Waals surface area contributed by atoms with Gasteiger partial charge in [-0.3, -0.25) is 4.90 Å². The van der Waals surface area contributed by atoms with Crippen LogP contribution in [0.15, 0.2) is 0 Å². The molecule has 0 aliphatic carbocycles. The van der Waals surface area contributed by atoms with Gasteiger partial charge in [-0.1, -0.05) is 6.92 Å². The van der Waals surface area contributed by atoms with E-state index in [1.54, 1.807) is 0 Å². The highest BCUT2D eigenvalue weighted by Crippen LogP contribution is 2.26. The van der Waals surface area contributed by atoms with Crippen molar-refractivity contribution in [2.45, 2.75) is 38.0 Å². The van der Waals surface area contributed by atoms with E-state index in [2.05, 4.69) is 35.8 Å². The van der Waals surface area contributed by atoms with Gasteiger partial charge in [-0.25, -0.2) is 0 Å². The molecule has 2 nitrogen and oxygen atoms in total. The Morgan fingerprint density at radius 2 is 2.00 bits per heavy atom. The summed E-state index contributed by atoms with van der Waals surface area (Å²) in [4.78, 5) is 2.72. The molecule has 3 heteroatoms. The number of hydrogen-bond acceptors (Lipinski definition) is 3. The summed E-state index contributed by atoms with van der Waals surface area (Å²) in [6.45, 7) is 9.89. The van der Waals surface area contributed by atoms with Crippen LogP contribution < -0.4 is 5.32 Å². The van der Waals surface area contributed by atoms with E-state index in [1.807, 2.05) is 0 Å². The van der Waals surface area contributed by atoms with E-state index in [-0.39, 0.29) is 0 Å². The molecule has 2 fully saturated rings. The number of nitrogens with one attached hydrogen (secondary N) is 1. The molecule has 0 aromatic carbocycles. The SMILES string of the molecule is CC1SCCN(CC2CCNCC2)C1C. The third-order valence-corrected chi connectivity index (χ3v) is 5.30. The molecule has 0 aromatic heterocycles. The van der Waals surface area contributed by atoms with Gasteiger partial charge in [0, 0.05) is 30.1 Å². The first-order valence-electron chi connectivity index (χ1n) is 6.33. The van der Waals surface area contributed by atoms with E-state index < -0.39 is 0 Å². The lowest BCUT2D eigenvalue weighted by Crippen LogP contribution is -2.47. The topological polar surface area (TPSA) is 15.3 Å². The molecule has 15 heavy (non-hydrogen) atoms. The fourth-order valence-electron chi connectivity index (χ4n) is 2.65. The van der Waals surface area contributed by atoms with Crippen molar-refractivity contribution >= 4 is 11.8 Å². The summed E-state index contributed by atoms with van der Waals surface area (Å²) in [7, 11) is 0. The van der Waals surface area contributed by atoms with Crippen LogP contribution in [-0.4, -0.2) is 48.1 Å². The van der Waals surface area contributed by atoms with Gasteiger partial charge >= 0.3 is 0 Å². The normalized spacial score (nSPS) is 35.6. The Morgan fingerprint density at radius 1 is 1.27 bits per heavy atom. The molecule has 2 saturated heterocycles.